The Morgan fingerprint density at radius 2 is 1.84 bits per heavy atom. The van der Waals surface area contributed by atoms with Gasteiger partial charge in [-0.3, -0.25) is 9.69 Å². The minimum atomic E-state index is -4.17. The highest BCUT2D eigenvalue weighted by Gasteiger charge is 2.35. The van der Waals surface area contributed by atoms with Gasteiger partial charge in [0, 0.05) is 42.4 Å². The topological polar surface area (TPSA) is 84.4 Å². The molecule has 8 nitrogen and oxygen atoms in total. The van der Waals surface area contributed by atoms with Gasteiger partial charge >= 0.3 is 12.1 Å². The molecule has 4 heterocycles. The van der Waals surface area contributed by atoms with E-state index in [4.69, 9.17) is 14.2 Å². The maximum absolute atomic E-state index is 12.9. The first-order valence-corrected chi connectivity index (χ1v) is 15.4. The minimum absolute atomic E-state index is 0.131. The zero-order valence-corrected chi connectivity index (χ0v) is 24.9. The summed E-state index contributed by atoms with van der Waals surface area (Å²) in [6.45, 7) is 4.60. The Labute approximate surface area is 251 Å². The van der Waals surface area contributed by atoms with Gasteiger partial charge < -0.3 is 24.2 Å². The van der Waals surface area contributed by atoms with Crippen LogP contribution in [0.5, 0.6) is 17.4 Å². The number of rotatable bonds is 10. The highest BCUT2D eigenvalue weighted by molar-refractivity contribution is 5.71. The third-order valence-electron chi connectivity index (χ3n) is 9.29. The number of aromatic nitrogens is 1. The van der Waals surface area contributed by atoms with Crippen molar-refractivity contribution in [3.63, 3.8) is 0 Å². The molecule has 1 aromatic carbocycles. The molecular formula is C32H42F3N3O5. The van der Waals surface area contributed by atoms with Gasteiger partial charge in [-0.2, -0.15) is 13.2 Å². The molecule has 0 saturated carbocycles. The molecule has 2 unspecified atom stereocenters. The van der Waals surface area contributed by atoms with E-state index in [-0.39, 0.29) is 11.8 Å². The number of methoxy groups -OCH3 is 1. The van der Waals surface area contributed by atoms with E-state index in [1.165, 1.54) is 10.5 Å². The number of benzene rings is 1. The van der Waals surface area contributed by atoms with Crippen LogP contribution in [0.1, 0.15) is 68.4 Å². The lowest BCUT2D eigenvalue weighted by Crippen LogP contribution is -2.40. The van der Waals surface area contributed by atoms with E-state index in [1.54, 1.807) is 13.3 Å². The third kappa shape index (κ3) is 7.66. The molecule has 0 amide bonds. The van der Waals surface area contributed by atoms with Crippen LogP contribution in [0.25, 0.3) is 0 Å². The first-order chi connectivity index (χ1) is 20.6. The van der Waals surface area contributed by atoms with Crippen molar-refractivity contribution in [3.05, 3.63) is 41.6 Å². The van der Waals surface area contributed by atoms with Crippen LogP contribution >= 0.6 is 0 Å². The van der Waals surface area contributed by atoms with Crippen molar-refractivity contribution < 1.29 is 37.3 Å². The molecule has 0 spiro atoms. The molecule has 2 saturated heterocycles. The highest BCUT2D eigenvalue weighted by atomic mass is 19.4. The fourth-order valence-electron chi connectivity index (χ4n) is 6.90. The van der Waals surface area contributed by atoms with Crippen molar-refractivity contribution in [1.29, 1.82) is 0 Å². The summed E-state index contributed by atoms with van der Waals surface area (Å²) in [5, 5.41) is 9.73. The number of carboxylic acids is 1. The highest BCUT2D eigenvalue weighted by Crippen LogP contribution is 2.41. The number of alkyl halides is 3. The van der Waals surface area contributed by atoms with Gasteiger partial charge in [0.05, 0.1) is 39.0 Å². The number of anilines is 1. The molecule has 2 atom stereocenters. The van der Waals surface area contributed by atoms with Crippen molar-refractivity contribution in [2.45, 2.75) is 63.5 Å². The molecule has 2 aromatic rings. The number of ether oxygens (including phenoxy) is 3. The first kappa shape index (κ1) is 31.2. The normalized spacial score (nSPS) is 21.1. The van der Waals surface area contributed by atoms with Crippen LogP contribution in [0.3, 0.4) is 0 Å². The van der Waals surface area contributed by atoms with E-state index in [2.05, 4.69) is 22.0 Å². The number of carbonyl (C=O) groups is 1. The van der Waals surface area contributed by atoms with Gasteiger partial charge in [-0.25, -0.2) is 4.98 Å². The summed E-state index contributed by atoms with van der Waals surface area (Å²) in [6, 6.07) is 7.94. The maximum atomic E-state index is 12.9. The van der Waals surface area contributed by atoms with Crippen LogP contribution in [0.15, 0.2) is 30.5 Å². The number of nitrogens with zero attached hydrogens (tertiary/aromatic N) is 3. The number of fused-ring (bicyclic) bond motifs is 1. The fourth-order valence-corrected chi connectivity index (χ4v) is 6.90. The van der Waals surface area contributed by atoms with Gasteiger partial charge in [-0.1, -0.05) is 13.0 Å². The zero-order valence-electron chi connectivity index (χ0n) is 24.9. The lowest BCUT2D eigenvalue weighted by Gasteiger charge is -2.38. The van der Waals surface area contributed by atoms with E-state index in [1.807, 2.05) is 19.1 Å². The van der Waals surface area contributed by atoms with Crippen LogP contribution in [0, 0.1) is 11.8 Å². The summed E-state index contributed by atoms with van der Waals surface area (Å²) in [7, 11) is 1.64. The van der Waals surface area contributed by atoms with E-state index in [0.29, 0.717) is 69.5 Å². The molecule has 2 fully saturated rings. The number of hydrogen-bond donors (Lipinski definition) is 1. The molecule has 0 aliphatic carbocycles. The van der Waals surface area contributed by atoms with E-state index >= 15 is 0 Å². The van der Waals surface area contributed by atoms with Crippen LogP contribution in [-0.4, -0.2) is 80.2 Å². The molecule has 0 bridgehead atoms. The van der Waals surface area contributed by atoms with Crippen molar-refractivity contribution in [1.82, 2.24) is 9.88 Å². The van der Waals surface area contributed by atoms with Crippen LogP contribution in [0.2, 0.25) is 0 Å². The van der Waals surface area contributed by atoms with Crippen LogP contribution in [0.4, 0.5) is 18.9 Å². The summed E-state index contributed by atoms with van der Waals surface area (Å²) < 4.78 is 56.1. The lowest BCUT2D eigenvalue weighted by atomic mass is 9.81. The molecule has 1 N–H and O–H groups in total. The fraction of sp³-hybridized carbons (Fsp3) is 0.625. The standard InChI is InChI=1S/C32H42F3N3O5/c1-3-24(31(39)40)26-10-15-42-29-18-36-30(17-27(26)29)43-19-21-6-13-38(14-7-21)28-16-23(41-2)4-5-25(28)22-8-11-37(12-9-22)20-32(33,34)35/h4-5,16-18,21-22,24,26H,3,6-15,19-20H2,1-2H3,(H,39,40). The van der Waals surface area contributed by atoms with E-state index in [0.717, 1.165) is 42.9 Å². The molecule has 5 rings (SSSR count). The molecule has 11 heteroatoms. The van der Waals surface area contributed by atoms with Gasteiger partial charge in [0.1, 0.15) is 11.5 Å². The Kier molecular flexibility index (Phi) is 9.88. The number of halogens is 3. The monoisotopic (exact) mass is 605 g/mol. The Morgan fingerprint density at radius 1 is 1.09 bits per heavy atom. The Hall–Kier alpha value is -3.21. The maximum Gasteiger partial charge on any atom is 0.401 e. The Morgan fingerprint density at radius 3 is 2.49 bits per heavy atom. The number of hydrogen-bond acceptors (Lipinski definition) is 7. The second-order valence-electron chi connectivity index (χ2n) is 12.0. The molecule has 3 aliphatic heterocycles. The predicted molar refractivity (Wildman–Crippen MR) is 156 cm³/mol. The zero-order chi connectivity index (χ0) is 30.6. The van der Waals surface area contributed by atoms with Crippen molar-refractivity contribution in [2.75, 3.05) is 57.9 Å². The van der Waals surface area contributed by atoms with Gasteiger partial charge in [-0.15, -0.1) is 0 Å². The smallest absolute Gasteiger partial charge is 0.401 e. The summed E-state index contributed by atoms with van der Waals surface area (Å²) in [5.74, 6) is 1.04. The lowest BCUT2D eigenvalue weighted by molar-refractivity contribution is -0.148. The van der Waals surface area contributed by atoms with Gasteiger partial charge in [0.25, 0.3) is 0 Å². The molecule has 1 aromatic heterocycles. The van der Waals surface area contributed by atoms with E-state index < -0.39 is 24.6 Å². The predicted octanol–water partition coefficient (Wildman–Crippen LogP) is 6.10. The minimum Gasteiger partial charge on any atom is -0.497 e. The molecular weight excluding hydrogens is 563 g/mol. The Bertz CT molecular complexity index is 1240. The van der Waals surface area contributed by atoms with Gasteiger partial charge in [-0.05, 0) is 75.1 Å². The van der Waals surface area contributed by atoms with Crippen molar-refractivity contribution in [2.24, 2.45) is 11.8 Å². The number of piperidine rings is 2. The number of likely N-dealkylation sites (tertiary alicyclic amines) is 1. The second-order valence-corrected chi connectivity index (χ2v) is 12.0. The quantitative estimate of drug-likeness (QED) is 0.348. The third-order valence-corrected chi connectivity index (χ3v) is 9.29. The average Bonchev–Trinajstić information content (AvgIpc) is 3.00. The average molecular weight is 606 g/mol. The Balaban J connectivity index is 1.19. The summed E-state index contributed by atoms with van der Waals surface area (Å²) in [6.07, 6.45) is 1.92. The number of pyridine rings is 1. The van der Waals surface area contributed by atoms with Crippen molar-refractivity contribution >= 4 is 11.7 Å². The molecule has 43 heavy (non-hydrogen) atoms. The SMILES string of the molecule is CCC(C(=O)O)C1CCOc2cnc(OCC3CCN(c4cc(OC)ccc4C4CCN(CC(F)(F)F)CC4)CC3)cc21. The molecule has 0 radical (unpaired) electrons. The summed E-state index contributed by atoms with van der Waals surface area (Å²) >= 11 is 0. The summed E-state index contributed by atoms with van der Waals surface area (Å²) in [5.41, 5.74) is 3.15. The number of aliphatic carboxylic acids is 1. The number of carboxylic acid groups (broad SMARTS) is 1. The van der Waals surface area contributed by atoms with Gasteiger partial charge in [0.2, 0.25) is 5.88 Å². The van der Waals surface area contributed by atoms with E-state index in [9.17, 15) is 23.1 Å². The van der Waals surface area contributed by atoms with Gasteiger partial charge in [0.15, 0.2) is 0 Å². The summed E-state index contributed by atoms with van der Waals surface area (Å²) in [4.78, 5) is 20.2. The van der Waals surface area contributed by atoms with Crippen LogP contribution < -0.4 is 19.1 Å². The molecule has 3 aliphatic rings. The second kappa shape index (κ2) is 13.6. The van der Waals surface area contributed by atoms with Crippen molar-refractivity contribution in [3.8, 4) is 17.4 Å². The van der Waals surface area contributed by atoms with Crippen LogP contribution in [-0.2, 0) is 4.79 Å². The molecule has 236 valence electrons. The first-order valence-electron chi connectivity index (χ1n) is 15.4. The largest absolute Gasteiger partial charge is 0.497 e.